The fourth-order valence-corrected chi connectivity index (χ4v) is 2.32. The molecule has 1 aliphatic heterocycles. The van der Waals surface area contributed by atoms with Crippen LogP contribution >= 0.6 is 0 Å². The molecule has 1 aliphatic rings. The smallest absolute Gasteiger partial charge is 0.349 e. The summed E-state index contributed by atoms with van der Waals surface area (Å²) in [6, 6.07) is 13.1. The van der Waals surface area contributed by atoms with Gasteiger partial charge in [0.05, 0.1) is 5.56 Å². The molecule has 0 fully saturated rings. The van der Waals surface area contributed by atoms with Gasteiger partial charge in [-0.1, -0.05) is 48.5 Å². The Morgan fingerprint density at radius 2 is 1.62 bits per heavy atom. The van der Waals surface area contributed by atoms with Crippen molar-refractivity contribution >= 4 is 11.8 Å². The molecule has 21 heavy (non-hydrogen) atoms. The molecule has 2 aromatic rings. The van der Waals surface area contributed by atoms with E-state index in [1.54, 1.807) is 12.1 Å². The van der Waals surface area contributed by atoms with Crippen LogP contribution in [0.2, 0.25) is 0 Å². The average Bonchev–Trinajstić information content (AvgIpc) is 2.86. The van der Waals surface area contributed by atoms with Crippen LogP contribution in [0, 0.1) is 0 Å². The Balaban J connectivity index is 2.00. The molecule has 0 aliphatic carbocycles. The van der Waals surface area contributed by atoms with E-state index >= 15 is 0 Å². The third-order valence-corrected chi connectivity index (χ3v) is 3.36. The van der Waals surface area contributed by atoms with E-state index in [1.165, 1.54) is 42.5 Å². The normalized spacial score (nSPS) is 17.2. The Hall–Kier alpha value is -2.56. The minimum absolute atomic E-state index is 0.0387. The van der Waals surface area contributed by atoms with E-state index in [1.807, 2.05) is 0 Å². The zero-order valence-corrected chi connectivity index (χ0v) is 10.8. The molecule has 5 heteroatoms. The number of benzene rings is 2. The number of ketones is 1. The van der Waals surface area contributed by atoms with Crippen molar-refractivity contribution in [1.82, 2.24) is 0 Å². The van der Waals surface area contributed by atoms with Gasteiger partial charge < -0.3 is 4.74 Å². The molecule has 0 aromatic heterocycles. The number of hydrogen-bond donors (Lipinski definition) is 0. The van der Waals surface area contributed by atoms with E-state index in [0.29, 0.717) is 0 Å². The van der Waals surface area contributed by atoms with Crippen molar-refractivity contribution in [2.75, 3.05) is 0 Å². The Morgan fingerprint density at radius 1 is 1.00 bits per heavy atom. The lowest BCUT2D eigenvalue weighted by molar-refractivity contribution is -0.0820. The molecular weight excluding hydrogens is 278 g/mol. The van der Waals surface area contributed by atoms with Crippen molar-refractivity contribution < 1.29 is 23.1 Å². The van der Waals surface area contributed by atoms with Crippen molar-refractivity contribution in [3.05, 3.63) is 71.3 Å². The molecule has 1 heterocycles. The summed E-state index contributed by atoms with van der Waals surface area (Å²) in [5.74, 6) is -6.02. The summed E-state index contributed by atoms with van der Waals surface area (Å²) in [7, 11) is 0. The molecular formula is C16H10F2O3. The van der Waals surface area contributed by atoms with Crippen molar-refractivity contribution in [3.8, 4) is 0 Å². The predicted molar refractivity (Wildman–Crippen MR) is 70.3 cm³/mol. The second-order valence-electron chi connectivity index (χ2n) is 4.69. The third-order valence-electron chi connectivity index (χ3n) is 3.36. The van der Waals surface area contributed by atoms with Crippen LogP contribution in [0.1, 0.15) is 32.4 Å². The lowest BCUT2D eigenvalue weighted by atomic mass is 9.95. The van der Waals surface area contributed by atoms with E-state index in [9.17, 15) is 18.4 Å². The molecule has 0 saturated heterocycles. The molecule has 3 rings (SSSR count). The van der Waals surface area contributed by atoms with Crippen molar-refractivity contribution in [2.24, 2.45) is 0 Å². The van der Waals surface area contributed by atoms with Crippen LogP contribution in [0.3, 0.4) is 0 Å². The summed E-state index contributed by atoms with van der Waals surface area (Å²) < 4.78 is 33.6. The van der Waals surface area contributed by atoms with Gasteiger partial charge >= 0.3 is 11.9 Å². The van der Waals surface area contributed by atoms with Crippen LogP contribution in [0.15, 0.2) is 54.6 Å². The molecule has 0 bridgehead atoms. The molecule has 0 radical (unpaired) electrons. The number of carbonyl (C=O) groups is 2. The van der Waals surface area contributed by atoms with Gasteiger partial charge in [-0.15, -0.1) is 0 Å². The fraction of sp³-hybridized carbons (Fsp3) is 0.125. The van der Waals surface area contributed by atoms with Gasteiger partial charge in [-0.05, 0) is 6.07 Å². The molecule has 0 N–H and O–H groups in total. The van der Waals surface area contributed by atoms with Crippen LogP contribution in [0.25, 0.3) is 0 Å². The first-order chi connectivity index (χ1) is 10.0. The first-order valence-corrected chi connectivity index (χ1v) is 6.29. The van der Waals surface area contributed by atoms with E-state index in [2.05, 4.69) is 0 Å². The monoisotopic (exact) mass is 288 g/mol. The van der Waals surface area contributed by atoms with Gasteiger partial charge in [0, 0.05) is 11.1 Å². The first kappa shape index (κ1) is 13.4. The second kappa shape index (κ2) is 4.77. The topological polar surface area (TPSA) is 43.4 Å². The Bertz CT molecular complexity index is 710. The van der Waals surface area contributed by atoms with Gasteiger partial charge in [0.2, 0.25) is 5.78 Å². The number of esters is 1. The maximum Gasteiger partial charge on any atom is 0.349 e. The molecule has 0 amide bonds. The highest BCUT2D eigenvalue weighted by Crippen LogP contribution is 2.43. The van der Waals surface area contributed by atoms with Gasteiger partial charge in [-0.2, -0.15) is 8.78 Å². The summed E-state index contributed by atoms with van der Waals surface area (Å²) in [6.07, 6.45) is -1.88. The van der Waals surface area contributed by atoms with Crippen LogP contribution in [0.4, 0.5) is 8.78 Å². The molecule has 106 valence electrons. The summed E-state index contributed by atoms with van der Waals surface area (Å²) in [6.45, 7) is 0. The van der Waals surface area contributed by atoms with Crippen LogP contribution < -0.4 is 0 Å². The zero-order chi connectivity index (χ0) is 15.0. The van der Waals surface area contributed by atoms with Crippen LogP contribution in [-0.4, -0.2) is 17.7 Å². The van der Waals surface area contributed by atoms with Crippen LogP contribution in [0.5, 0.6) is 0 Å². The van der Waals surface area contributed by atoms with Gasteiger partial charge in [0.15, 0.2) is 6.10 Å². The number of alkyl halides is 2. The Labute approximate surface area is 119 Å². The summed E-state index contributed by atoms with van der Waals surface area (Å²) in [4.78, 5) is 23.6. The number of rotatable bonds is 3. The van der Waals surface area contributed by atoms with Gasteiger partial charge in [0.1, 0.15) is 0 Å². The molecule has 1 unspecified atom stereocenters. The quantitative estimate of drug-likeness (QED) is 0.642. The highest BCUT2D eigenvalue weighted by Gasteiger charge is 2.54. The summed E-state index contributed by atoms with van der Waals surface area (Å²) in [5.41, 5.74) is -0.0113. The fourth-order valence-electron chi connectivity index (χ4n) is 2.32. The lowest BCUT2D eigenvalue weighted by Crippen LogP contribution is -2.36. The molecule has 0 spiro atoms. The van der Waals surface area contributed by atoms with E-state index in [0.717, 1.165) is 0 Å². The van der Waals surface area contributed by atoms with Gasteiger partial charge in [-0.3, -0.25) is 4.79 Å². The molecule has 3 nitrogen and oxygen atoms in total. The number of Topliss-reactive ketones (excluding diaryl/α,β-unsaturated/α-hetero) is 1. The number of carbonyl (C=O) groups excluding carboxylic acids is 2. The number of ether oxygens (including phenoxy) is 1. The average molecular weight is 288 g/mol. The third kappa shape index (κ3) is 2.11. The number of halogens is 2. The standard InChI is InChI=1S/C16H10F2O3/c17-16(18,13(19)10-6-2-1-3-7-10)14-11-8-4-5-9-12(11)15(20)21-14/h1-9,14H. The van der Waals surface area contributed by atoms with Crippen molar-refractivity contribution in [1.29, 1.82) is 0 Å². The lowest BCUT2D eigenvalue weighted by Gasteiger charge is -2.21. The van der Waals surface area contributed by atoms with E-state index < -0.39 is 23.8 Å². The largest absolute Gasteiger partial charge is 0.447 e. The second-order valence-corrected chi connectivity index (χ2v) is 4.69. The Morgan fingerprint density at radius 3 is 2.33 bits per heavy atom. The Kier molecular flexibility index (Phi) is 3.05. The summed E-state index contributed by atoms with van der Waals surface area (Å²) >= 11 is 0. The van der Waals surface area contributed by atoms with E-state index in [-0.39, 0.29) is 16.7 Å². The predicted octanol–water partition coefficient (Wildman–Crippen LogP) is 3.42. The number of hydrogen-bond acceptors (Lipinski definition) is 3. The van der Waals surface area contributed by atoms with Crippen molar-refractivity contribution in [2.45, 2.75) is 12.0 Å². The SMILES string of the molecule is O=C1OC(C(F)(F)C(=O)c2ccccc2)c2ccccc21. The minimum Gasteiger partial charge on any atom is -0.447 e. The number of fused-ring (bicyclic) bond motifs is 1. The number of cyclic esters (lactones) is 1. The first-order valence-electron chi connectivity index (χ1n) is 6.29. The highest BCUT2D eigenvalue weighted by atomic mass is 19.3. The molecule has 1 atom stereocenters. The maximum atomic E-state index is 14.4. The molecule has 0 saturated carbocycles. The van der Waals surface area contributed by atoms with Gasteiger partial charge in [-0.25, -0.2) is 4.79 Å². The molecule has 2 aromatic carbocycles. The minimum atomic E-state index is -3.82. The van der Waals surface area contributed by atoms with Crippen molar-refractivity contribution in [3.63, 3.8) is 0 Å². The zero-order valence-electron chi connectivity index (χ0n) is 10.8. The van der Waals surface area contributed by atoms with E-state index in [4.69, 9.17) is 4.74 Å². The van der Waals surface area contributed by atoms with Crippen LogP contribution in [-0.2, 0) is 4.74 Å². The highest BCUT2D eigenvalue weighted by molar-refractivity contribution is 6.03. The van der Waals surface area contributed by atoms with Gasteiger partial charge in [0.25, 0.3) is 0 Å². The summed E-state index contributed by atoms with van der Waals surface area (Å²) in [5, 5.41) is 0. The maximum absolute atomic E-state index is 14.4.